The Morgan fingerprint density at radius 1 is 1.10 bits per heavy atom. The van der Waals surface area contributed by atoms with E-state index < -0.39 is 0 Å². The molecule has 1 aromatic heterocycles. The van der Waals surface area contributed by atoms with Gasteiger partial charge < -0.3 is 4.74 Å². The molecule has 0 N–H and O–H groups in total. The molecule has 0 radical (unpaired) electrons. The number of aryl methyl sites for hydroxylation is 1. The number of rotatable bonds is 6. The number of carbonyl (C=O) groups excluding carboxylic acids is 1. The van der Waals surface area contributed by atoms with Crippen molar-refractivity contribution in [3.8, 4) is 0 Å². The van der Waals surface area contributed by atoms with Crippen LogP contribution in [0, 0.1) is 6.92 Å². The quantitative estimate of drug-likeness (QED) is 0.348. The summed E-state index contributed by atoms with van der Waals surface area (Å²) in [6.45, 7) is 7.94. The number of thioether (sulfide) groups is 1. The predicted molar refractivity (Wildman–Crippen MR) is 116 cm³/mol. The van der Waals surface area contributed by atoms with Crippen LogP contribution >= 0.6 is 11.8 Å². The van der Waals surface area contributed by atoms with E-state index in [4.69, 9.17) is 14.7 Å². The van der Waals surface area contributed by atoms with Gasteiger partial charge in [-0.1, -0.05) is 59.8 Å². The van der Waals surface area contributed by atoms with Gasteiger partial charge in [0.15, 0.2) is 5.78 Å². The zero-order valence-electron chi connectivity index (χ0n) is 16.8. The van der Waals surface area contributed by atoms with Gasteiger partial charge >= 0.3 is 0 Å². The largest absolute Gasteiger partial charge is 0.379 e. The van der Waals surface area contributed by atoms with Gasteiger partial charge in [-0.25, -0.2) is 9.97 Å². The summed E-state index contributed by atoms with van der Waals surface area (Å²) in [5.41, 5.74) is 2.81. The number of hydrogen-bond acceptors (Lipinski definition) is 6. The molecule has 1 aliphatic heterocycles. The molecule has 3 aromatic rings. The van der Waals surface area contributed by atoms with Gasteiger partial charge in [-0.05, 0) is 19.9 Å². The number of carbonyl (C=O) groups is 1. The molecule has 0 amide bonds. The number of fused-ring (bicyclic) bond motifs is 1. The number of aromatic nitrogens is 2. The fourth-order valence-corrected chi connectivity index (χ4v) is 4.42. The van der Waals surface area contributed by atoms with Crippen LogP contribution in [0.2, 0.25) is 0 Å². The minimum absolute atomic E-state index is 0.118. The van der Waals surface area contributed by atoms with Crippen molar-refractivity contribution in [1.82, 2.24) is 14.9 Å². The summed E-state index contributed by atoms with van der Waals surface area (Å²) in [6.07, 6.45) is 0. The molecule has 0 unspecified atom stereocenters. The summed E-state index contributed by atoms with van der Waals surface area (Å²) < 4.78 is 5.44. The highest BCUT2D eigenvalue weighted by Crippen LogP contribution is 2.30. The van der Waals surface area contributed by atoms with Crippen molar-refractivity contribution in [2.24, 2.45) is 0 Å². The number of benzene rings is 2. The minimum atomic E-state index is -0.229. The van der Waals surface area contributed by atoms with Crippen molar-refractivity contribution in [3.63, 3.8) is 0 Å². The van der Waals surface area contributed by atoms with E-state index in [1.807, 2.05) is 62.4 Å². The number of hydrogen-bond donors (Lipinski definition) is 0. The second-order valence-corrected chi connectivity index (χ2v) is 8.67. The Morgan fingerprint density at radius 3 is 2.59 bits per heavy atom. The van der Waals surface area contributed by atoms with Crippen LogP contribution in [0.5, 0.6) is 0 Å². The van der Waals surface area contributed by atoms with Crippen LogP contribution in [0.1, 0.15) is 28.7 Å². The lowest BCUT2D eigenvalue weighted by molar-refractivity contribution is 0.0330. The molecule has 5 nitrogen and oxygen atoms in total. The second kappa shape index (κ2) is 9.03. The van der Waals surface area contributed by atoms with Crippen LogP contribution < -0.4 is 0 Å². The van der Waals surface area contributed by atoms with Crippen molar-refractivity contribution < 1.29 is 9.53 Å². The van der Waals surface area contributed by atoms with Gasteiger partial charge in [0.1, 0.15) is 10.9 Å². The van der Waals surface area contributed by atoms with Gasteiger partial charge in [0.25, 0.3) is 0 Å². The number of ether oxygens (including phenoxy) is 1. The summed E-state index contributed by atoms with van der Waals surface area (Å²) in [7, 11) is 0. The lowest BCUT2D eigenvalue weighted by Gasteiger charge is -2.26. The van der Waals surface area contributed by atoms with E-state index in [1.165, 1.54) is 11.8 Å². The number of para-hydroxylation sites is 1. The molecule has 1 atom stereocenters. The van der Waals surface area contributed by atoms with Gasteiger partial charge in [-0.3, -0.25) is 9.69 Å². The fraction of sp³-hybridized carbons (Fsp3) is 0.348. The standard InChI is InChI=1S/C23H25N3O2S/c1-16-7-9-18(10-8-16)22(27)17(2)29-23-19-5-3-4-6-20(19)24-21(25-23)15-26-11-13-28-14-12-26/h3-10,17H,11-15H2,1-2H3/t17-/m1/s1. The Hall–Kier alpha value is -2.28. The minimum Gasteiger partial charge on any atom is -0.379 e. The predicted octanol–water partition coefficient (Wildman–Crippen LogP) is 4.13. The first kappa shape index (κ1) is 20.0. The van der Waals surface area contributed by atoms with E-state index in [-0.39, 0.29) is 11.0 Å². The molecular weight excluding hydrogens is 382 g/mol. The summed E-state index contributed by atoms with van der Waals surface area (Å²) in [5, 5.41) is 1.63. The highest BCUT2D eigenvalue weighted by Gasteiger charge is 2.20. The molecule has 1 saturated heterocycles. The average Bonchev–Trinajstić information content (AvgIpc) is 2.74. The van der Waals surface area contributed by atoms with Crippen molar-refractivity contribution in [3.05, 3.63) is 65.5 Å². The van der Waals surface area contributed by atoms with Gasteiger partial charge in [-0.2, -0.15) is 0 Å². The molecule has 6 heteroatoms. The number of morpholine rings is 1. The first-order valence-corrected chi connectivity index (χ1v) is 10.8. The van der Waals surface area contributed by atoms with E-state index in [1.54, 1.807) is 0 Å². The zero-order valence-corrected chi connectivity index (χ0v) is 17.6. The van der Waals surface area contributed by atoms with Gasteiger partial charge in [0, 0.05) is 24.0 Å². The molecule has 4 rings (SSSR count). The Bertz CT molecular complexity index is 1000. The second-order valence-electron chi connectivity index (χ2n) is 7.34. The van der Waals surface area contributed by atoms with E-state index in [2.05, 4.69) is 4.90 Å². The van der Waals surface area contributed by atoms with E-state index in [0.29, 0.717) is 6.54 Å². The Kier molecular flexibility index (Phi) is 6.23. The van der Waals surface area contributed by atoms with Crippen LogP contribution in [-0.4, -0.2) is 52.2 Å². The molecule has 0 spiro atoms. The van der Waals surface area contributed by atoms with E-state index in [0.717, 1.165) is 59.2 Å². The molecule has 2 aromatic carbocycles. The maximum atomic E-state index is 12.9. The van der Waals surface area contributed by atoms with Crippen molar-refractivity contribution >= 4 is 28.4 Å². The average molecular weight is 408 g/mol. The van der Waals surface area contributed by atoms with Crippen molar-refractivity contribution in [2.45, 2.75) is 30.7 Å². The summed E-state index contributed by atoms with van der Waals surface area (Å²) in [5.74, 6) is 0.913. The van der Waals surface area contributed by atoms with Gasteiger partial charge in [0.05, 0.1) is 30.5 Å². The third-order valence-electron chi connectivity index (χ3n) is 5.08. The molecule has 150 valence electrons. The molecule has 1 fully saturated rings. The monoisotopic (exact) mass is 407 g/mol. The fourth-order valence-electron chi connectivity index (χ4n) is 3.39. The normalized spacial score (nSPS) is 16.1. The van der Waals surface area contributed by atoms with Gasteiger partial charge in [0.2, 0.25) is 0 Å². The van der Waals surface area contributed by atoms with Crippen LogP contribution in [0.15, 0.2) is 53.6 Å². The van der Waals surface area contributed by atoms with Crippen LogP contribution in [0.25, 0.3) is 10.9 Å². The first-order valence-electron chi connectivity index (χ1n) is 9.93. The Balaban J connectivity index is 1.59. The smallest absolute Gasteiger partial charge is 0.175 e. The molecular formula is C23H25N3O2S. The lowest BCUT2D eigenvalue weighted by atomic mass is 10.1. The first-order chi connectivity index (χ1) is 14.1. The highest BCUT2D eigenvalue weighted by molar-refractivity contribution is 8.00. The van der Waals surface area contributed by atoms with E-state index in [9.17, 15) is 4.79 Å². The topological polar surface area (TPSA) is 55.3 Å². The maximum Gasteiger partial charge on any atom is 0.175 e. The Morgan fingerprint density at radius 2 is 1.83 bits per heavy atom. The molecule has 0 bridgehead atoms. The highest BCUT2D eigenvalue weighted by atomic mass is 32.2. The molecule has 1 aliphatic rings. The number of nitrogens with zero attached hydrogens (tertiary/aromatic N) is 3. The Labute approximate surface area is 175 Å². The maximum absolute atomic E-state index is 12.9. The molecule has 0 saturated carbocycles. The van der Waals surface area contributed by atoms with Crippen LogP contribution in [-0.2, 0) is 11.3 Å². The van der Waals surface area contributed by atoms with Crippen LogP contribution in [0.4, 0.5) is 0 Å². The van der Waals surface area contributed by atoms with Crippen LogP contribution in [0.3, 0.4) is 0 Å². The van der Waals surface area contributed by atoms with E-state index >= 15 is 0 Å². The third kappa shape index (κ3) is 4.83. The zero-order chi connectivity index (χ0) is 20.2. The molecule has 29 heavy (non-hydrogen) atoms. The van der Waals surface area contributed by atoms with Gasteiger partial charge in [-0.15, -0.1) is 0 Å². The molecule has 2 heterocycles. The third-order valence-corrected chi connectivity index (χ3v) is 6.18. The van der Waals surface area contributed by atoms with Crippen molar-refractivity contribution in [2.75, 3.05) is 26.3 Å². The number of ketones is 1. The van der Waals surface area contributed by atoms with Crippen molar-refractivity contribution in [1.29, 1.82) is 0 Å². The SMILES string of the molecule is Cc1ccc(C(=O)[C@@H](C)Sc2nc(CN3CCOCC3)nc3ccccc23)cc1. The summed E-state index contributed by atoms with van der Waals surface area (Å²) in [6, 6.07) is 15.8. The lowest BCUT2D eigenvalue weighted by Crippen LogP contribution is -2.36. The summed E-state index contributed by atoms with van der Waals surface area (Å²) in [4.78, 5) is 24.8. The molecule has 0 aliphatic carbocycles. The number of Topliss-reactive ketones (excluding diaryl/α,β-unsaturated/α-hetero) is 1. The summed E-state index contributed by atoms with van der Waals surface area (Å²) >= 11 is 1.51.